The minimum Gasteiger partial charge on any atom is -0.378 e. The molecule has 2 aliphatic rings. The van der Waals surface area contributed by atoms with Gasteiger partial charge in [-0.15, -0.1) is 24.8 Å². The predicted molar refractivity (Wildman–Crippen MR) is 102 cm³/mol. The Morgan fingerprint density at radius 2 is 1.88 bits per heavy atom. The smallest absolute Gasteiger partial charge is 0.242 e. The van der Waals surface area contributed by atoms with Crippen molar-refractivity contribution in [3.63, 3.8) is 0 Å². The van der Waals surface area contributed by atoms with E-state index < -0.39 is 5.82 Å². The largest absolute Gasteiger partial charge is 0.378 e. The van der Waals surface area contributed by atoms with Crippen LogP contribution in [-0.2, 0) is 9.53 Å². The first-order chi connectivity index (χ1) is 11.6. The van der Waals surface area contributed by atoms with E-state index in [-0.39, 0.29) is 42.5 Å². The topological polar surface area (TPSA) is 61.9 Å². The number of halogens is 3. The van der Waals surface area contributed by atoms with Gasteiger partial charge in [0.15, 0.2) is 5.78 Å². The lowest BCUT2D eigenvalue weighted by Crippen LogP contribution is -2.57. The predicted octanol–water partition coefficient (Wildman–Crippen LogP) is 1.51. The van der Waals surface area contributed by atoms with E-state index in [0.29, 0.717) is 57.2 Å². The third-order valence-corrected chi connectivity index (χ3v) is 4.51. The molecular weight excluding hydrogens is 384 g/mol. The standard InChI is InChI=1S/C17H22FN3O3.2ClH/c1-12(22)13-2-3-16(14(18)10-13)20-5-7-21(8-6-20)17(23)15-11-24-9-4-19-15;;/h2-3,10,15,19H,4-9,11H2,1H3;2*1H. The number of hydrogen-bond acceptors (Lipinski definition) is 5. The fourth-order valence-corrected chi connectivity index (χ4v) is 3.09. The SMILES string of the molecule is CC(=O)c1ccc(N2CCN(C(=O)C3COCCN3)CC2)c(F)c1.Cl.Cl. The van der Waals surface area contributed by atoms with Gasteiger partial charge in [0.25, 0.3) is 0 Å². The number of rotatable bonds is 3. The number of Topliss-reactive ketones (excluding diaryl/α,β-unsaturated/α-hetero) is 1. The number of carbonyl (C=O) groups excluding carboxylic acids is 2. The fraction of sp³-hybridized carbons (Fsp3) is 0.529. The first kappa shape index (κ1) is 22.6. The second-order valence-corrected chi connectivity index (χ2v) is 6.12. The summed E-state index contributed by atoms with van der Waals surface area (Å²) in [5, 5.41) is 3.16. The molecule has 1 amide bonds. The van der Waals surface area contributed by atoms with Crippen molar-refractivity contribution in [3.8, 4) is 0 Å². The second kappa shape index (κ2) is 10.1. The molecule has 0 spiro atoms. The van der Waals surface area contributed by atoms with E-state index in [9.17, 15) is 14.0 Å². The molecule has 2 fully saturated rings. The van der Waals surface area contributed by atoms with Crippen LogP contribution in [0.3, 0.4) is 0 Å². The van der Waals surface area contributed by atoms with Gasteiger partial charge in [-0.2, -0.15) is 0 Å². The molecule has 0 aliphatic carbocycles. The lowest BCUT2D eigenvalue weighted by atomic mass is 10.1. The Bertz CT molecular complexity index is 634. The molecule has 1 aromatic rings. The van der Waals surface area contributed by atoms with Gasteiger partial charge in [0, 0.05) is 38.3 Å². The molecule has 1 aromatic carbocycles. The van der Waals surface area contributed by atoms with Crippen LogP contribution in [0.5, 0.6) is 0 Å². The van der Waals surface area contributed by atoms with Crippen molar-refractivity contribution in [1.82, 2.24) is 10.2 Å². The van der Waals surface area contributed by atoms with E-state index in [4.69, 9.17) is 4.74 Å². The molecule has 0 saturated carbocycles. The highest BCUT2D eigenvalue weighted by molar-refractivity contribution is 5.94. The number of nitrogens with one attached hydrogen (secondary N) is 1. The quantitative estimate of drug-likeness (QED) is 0.769. The van der Waals surface area contributed by atoms with Crippen LogP contribution in [0.2, 0.25) is 0 Å². The summed E-state index contributed by atoms with van der Waals surface area (Å²) in [6, 6.07) is 4.28. The van der Waals surface area contributed by atoms with Gasteiger partial charge in [-0.1, -0.05) is 0 Å². The summed E-state index contributed by atoms with van der Waals surface area (Å²) in [5.74, 6) is -0.510. The monoisotopic (exact) mass is 407 g/mol. The maximum Gasteiger partial charge on any atom is 0.242 e. The molecule has 3 rings (SSSR count). The number of piperazine rings is 1. The normalized spacial score (nSPS) is 20.0. The van der Waals surface area contributed by atoms with E-state index in [1.807, 2.05) is 4.90 Å². The molecule has 1 unspecified atom stereocenters. The van der Waals surface area contributed by atoms with Gasteiger partial charge < -0.3 is 19.9 Å². The van der Waals surface area contributed by atoms with E-state index in [0.717, 1.165) is 0 Å². The minimum atomic E-state index is -0.398. The van der Waals surface area contributed by atoms with E-state index in [1.165, 1.54) is 13.0 Å². The molecule has 1 atom stereocenters. The Hall–Kier alpha value is -1.41. The Kier molecular flexibility index (Phi) is 8.76. The number of hydrogen-bond donors (Lipinski definition) is 1. The number of anilines is 1. The maximum absolute atomic E-state index is 14.2. The Balaban J connectivity index is 0.00000169. The molecule has 0 aromatic heterocycles. The van der Waals surface area contributed by atoms with Gasteiger partial charge in [-0.3, -0.25) is 9.59 Å². The molecule has 0 radical (unpaired) electrons. The van der Waals surface area contributed by atoms with Crippen LogP contribution in [0.1, 0.15) is 17.3 Å². The summed E-state index contributed by atoms with van der Waals surface area (Å²) in [6.07, 6.45) is 0. The molecule has 2 saturated heterocycles. The van der Waals surface area contributed by atoms with Crippen LogP contribution in [0.15, 0.2) is 18.2 Å². The first-order valence-electron chi connectivity index (χ1n) is 8.21. The maximum atomic E-state index is 14.2. The van der Waals surface area contributed by atoms with Crippen LogP contribution in [-0.4, -0.2) is 68.6 Å². The third kappa shape index (κ3) is 5.07. The van der Waals surface area contributed by atoms with Gasteiger partial charge in [0.2, 0.25) is 5.91 Å². The van der Waals surface area contributed by atoms with E-state index >= 15 is 0 Å². The zero-order valence-corrected chi connectivity index (χ0v) is 16.2. The summed E-state index contributed by atoms with van der Waals surface area (Å²) >= 11 is 0. The number of nitrogens with zero attached hydrogens (tertiary/aromatic N) is 2. The Morgan fingerprint density at radius 1 is 1.19 bits per heavy atom. The van der Waals surface area contributed by atoms with Crippen molar-refractivity contribution >= 4 is 42.2 Å². The molecule has 6 nitrogen and oxygen atoms in total. The van der Waals surface area contributed by atoms with Crippen LogP contribution >= 0.6 is 24.8 Å². The van der Waals surface area contributed by atoms with Gasteiger partial charge >= 0.3 is 0 Å². The van der Waals surface area contributed by atoms with Crippen molar-refractivity contribution < 1.29 is 18.7 Å². The van der Waals surface area contributed by atoms with Gasteiger partial charge in [-0.05, 0) is 25.1 Å². The van der Waals surface area contributed by atoms with Gasteiger partial charge in [0.1, 0.15) is 11.9 Å². The summed E-state index contributed by atoms with van der Waals surface area (Å²) in [7, 11) is 0. The van der Waals surface area contributed by atoms with Crippen LogP contribution < -0.4 is 10.2 Å². The van der Waals surface area contributed by atoms with Crippen LogP contribution in [0.25, 0.3) is 0 Å². The average Bonchev–Trinajstić information content (AvgIpc) is 2.62. The lowest BCUT2D eigenvalue weighted by molar-refractivity contribution is -0.136. The molecule has 146 valence electrons. The molecule has 0 bridgehead atoms. The zero-order valence-electron chi connectivity index (χ0n) is 14.6. The number of morpholine rings is 1. The highest BCUT2D eigenvalue weighted by atomic mass is 35.5. The minimum absolute atomic E-state index is 0. The molecule has 1 N–H and O–H groups in total. The van der Waals surface area contributed by atoms with Crippen molar-refractivity contribution in [1.29, 1.82) is 0 Å². The van der Waals surface area contributed by atoms with Crippen molar-refractivity contribution in [2.45, 2.75) is 13.0 Å². The molecule has 26 heavy (non-hydrogen) atoms. The first-order valence-corrected chi connectivity index (χ1v) is 8.21. The number of carbonyl (C=O) groups is 2. The average molecular weight is 408 g/mol. The van der Waals surface area contributed by atoms with E-state index in [1.54, 1.807) is 17.0 Å². The molecule has 2 aliphatic heterocycles. The molecular formula is C17H24Cl2FN3O3. The number of ketones is 1. The van der Waals surface area contributed by atoms with Crippen molar-refractivity contribution in [2.24, 2.45) is 0 Å². The van der Waals surface area contributed by atoms with Crippen LogP contribution in [0, 0.1) is 5.82 Å². The zero-order chi connectivity index (χ0) is 17.1. The summed E-state index contributed by atoms with van der Waals surface area (Å²) in [6.45, 7) is 5.36. The molecule has 9 heteroatoms. The van der Waals surface area contributed by atoms with Gasteiger partial charge in [-0.25, -0.2) is 4.39 Å². The Labute approximate surface area is 164 Å². The van der Waals surface area contributed by atoms with Crippen LogP contribution in [0.4, 0.5) is 10.1 Å². The number of amides is 1. The molecule has 2 heterocycles. The number of benzene rings is 1. The Morgan fingerprint density at radius 3 is 2.42 bits per heavy atom. The lowest BCUT2D eigenvalue weighted by Gasteiger charge is -2.38. The van der Waals surface area contributed by atoms with Crippen molar-refractivity contribution in [3.05, 3.63) is 29.6 Å². The van der Waals surface area contributed by atoms with E-state index in [2.05, 4.69) is 5.32 Å². The highest BCUT2D eigenvalue weighted by Gasteiger charge is 2.29. The highest BCUT2D eigenvalue weighted by Crippen LogP contribution is 2.22. The van der Waals surface area contributed by atoms with Gasteiger partial charge in [0.05, 0.1) is 18.9 Å². The summed E-state index contributed by atoms with van der Waals surface area (Å²) in [5.41, 5.74) is 0.847. The summed E-state index contributed by atoms with van der Waals surface area (Å²) < 4.78 is 19.6. The second-order valence-electron chi connectivity index (χ2n) is 6.12. The number of ether oxygens (including phenoxy) is 1. The summed E-state index contributed by atoms with van der Waals surface area (Å²) in [4.78, 5) is 27.5. The fourth-order valence-electron chi connectivity index (χ4n) is 3.09. The third-order valence-electron chi connectivity index (χ3n) is 4.51. The van der Waals surface area contributed by atoms with Crippen molar-refractivity contribution in [2.75, 3.05) is 50.8 Å².